The van der Waals surface area contributed by atoms with E-state index in [1.807, 2.05) is 31.2 Å². The molecule has 3 aliphatic rings. The molecule has 0 bridgehead atoms. The summed E-state index contributed by atoms with van der Waals surface area (Å²) >= 11 is 6.31. The number of nitrogens with two attached hydrogens (primary N) is 1. The molecule has 33 heavy (non-hydrogen) atoms. The number of allylic oxidation sites excluding steroid dienone is 1. The van der Waals surface area contributed by atoms with Gasteiger partial charge in [-0.1, -0.05) is 23.7 Å². The van der Waals surface area contributed by atoms with Gasteiger partial charge in [-0.2, -0.15) is 0 Å². The number of ether oxygens (including phenoxy) is 1. The highest BCUT2D eigenvalue weighted by Gasteiger charge is 2.62. The van der Waals surface area contributed by atoms with E-state index in [1.54, 1.807) is 23.1 Å². The zero-order valence-electron chi connectivity index (χ0n) is 18.2. The summed E-state index contributed by atoms with van der Waals surface area (Å²) in [5.41, 5.74) is 8.34. The predicted octanol–water partition coefficient (Wildman–Crippen LogP) is 3.71. The second-order valence-corrected chi connectivity index (χ2v) is 8.86. The van der Waals surface area contributed by atoms with Crippen LogP contribution in [0.25, 0.3) is 0 Å². The number of carbonyl (C=O) groups excluding carboxylic acids is 3. The summed E-state index contributed by atoms with van der Waals surface area (Å²) in [6.07, 6.45) is 1.40. The number of hydrogen-bond acceptors (Lipinski definition) is 6. The number of rotatable bonds is 2. The van der Waals surface area contributed by atoms with Crippen LogP contribution in [-0.2, 0) is 24.5 Å². The number of anilines is 2. The number of esters is 1. The average Bonchev–Trinajstić information content (AvgIpc) is 3.05. The minimum Gasteiger partial charge on any atom is -0.466 e. The van der Waals surface area contributed by atoms with Crippen LogP contribution in [0.2, 0.25) is 5.02 Å². The standard InChI is InChI=1S/C25H22ClN3O4/c1-13-5-3-6-15(11-13)29-18-7-4-8-19(30)20(18)25(21(22(29)27)23(31)33-2)16-12-14(26)9-10-17(16)28-24(25)32/h3,5-6,9-12H,4,7-8,27H2,1-2H3,(H,28,32). The van der Waals surface area contributed by atoms with Crippen LogP contribution in [0, 0.1) is 6.92 Å². The van der Waals surface area contributed by atoms with Crippen molar-refractivity contribution in [1.29, 1.82) is 0 Å². The number of carbonyl (C=O) groups is 3. The molecular formula is C25H22ClN3O4. The van der Waals surface area contributed by atoms with Crippen LogP contribution < -0.4 is 16.0 Å². The van der Waals surface area contributed by atoms with E-state index < -0.39 is 17.3 Å². The van der Waals surface area contributed by atoms with E-state index in [2.05, 4.69) is 5.32 Å². The number of hydrogen-bond donors (Lipinski definition) is 2. The minimum atomic E-state index is -1.73. The molecular weight excluding hydrogens is 442 g/mol. The van der Waals surface area contributed by atoms with Crippen LogP contribution in [-0.4, -0.2) is 24.8 Å². The lowest BCUT2D eigenvalue weighted by Crippen LogP contribution is -2.53. The van der Waals surface area contributed by atoms with Gasteiger partial charge in [-0.3, -0.25) is 14.5 Å². The summed E-state index contributed by atoms with van der Waals surface area (Å²) in [6.45, 7) is 1.94. The molecule has 1 amide bonds. The van der Waals surface area contributed by atoms with Crippen molar-refractivity contribution in [2.24, 2.45) is 5.73 Å². The Labute approximate surface area is 195 Å². The number of methoxy groups -OCH3 is 1. The van der Waals surface area contributed by atoms with Crippen LogP contribution >= 0.6 is 11.6 Å². The van der Waals surface area contributed by atoms with E-state index in [0.29, 0.717) is 40.5 Å². The molecule has 0 saturated heterocycles. The van der Waals surface area contributed by atoms with Crippen LogP contribution in [0.5, 0.6) is 0 Å². The molecule has 0 saturated carbocycles. The largest absolute Gasteiger partial charge is 0.466 e. The number of fused-ring (bicyclic) bond motifs is 3. The first kappa shape index (κ1) is 21.3. The lowest BCUT2D eigenvalue weighted by atomic mass is 9.63. The Bertz CT molecular complexity index is 1310. The third-order valence-electron chi connectivity index (χ3n) is 6.53. The minimum absolute atomic E-state index is 0.0591. The van der Waals surface area contributed by atoms with Gasteiger partial charge < -0.3 is 15.8 Å². The molecule has 2 heterocycles. The van der Waals surface area contributed by atoms with Crippen molar-refractivity contribution < 1.29 is 19.1 Å². The normalized spacial score (nSPS) is 21.8. The second kappa shape index (κ2) is 7.49. The van der Waals surface area contributed by atoms with E-state index in [0.717, 1.165) is 5.56 Å². The molecule has 3 N–H and O–H groups in total. The fraction of sp³-hybridized carbons (Fsp3) is 0.240. The Morgan fingerprint density at radius 2 is 1.97 bits per heavy atom. The Morgan fingerprint density at radius 1 is 1.18 bits per heavy atom. The first-order chi connectivity index (χ1) is 15.8. The number of aryl methyl sites for hydroxylation is 1. The van der Waals surface area contributed by atoms with Crippen LogP contribution in [0.3, 0.4) is 0 Å². The molecule has 1 spiro atoms. The molecule has 8 heteroatoms. The summed E-state index contributed by atoms with van der Waals surface area (Å²) in [7, 11) is 1.23. The summed E-state index contributed by atoms with van der Waals surface area (Å²) < 4.78 is 5.11. The highest BCUT2D eigenvalue weighted by molar-refractivity contribution is 6.31. The average molecular weight is 464 g/mol. The zero-order valence-corrected chi connectivity index (χ0v) is 19.0. The van der Waals surface area contributed by atoms with Crippen molar-refractivity contribution in [3.8, 4) is 0 Å². The van der Waals surface area contributed by atoms with Gasteiger partial charge in [0.25, 0.3) is 0 Å². The maximum absolute atomic E-state index is 13.7. The van der Waals surface area contributed by atoms with E-state index in [-0.39, 0.29) is 29.2 Å². The molecule has 0 radical (unpaired) electrons. The van der Waals surface area contributed by atoms with Crippen molar-refractivity contribution >= 4 is 40.6 Å². The molecule has 0 aromatic heterocycles. The van der Waals surface area contributed by atoms with Gasteiger partial charge >= 0.3 is 5.97 Å². The van der Waals surface area contributed by atoms with E-state index in [1.165, 1.54) is 7.11 Å². The fourth-order valence-corrected chi connectivity index (χ4v) is 5.42. The first-order valence-electron chi connectivity index (χ1n) is 10.6. The smallest absolute Gasteiger partial charge is 0.339 e. The maximum Gasteiger partial charge on any atom is 0.339 e. The maximum atomic E-state index is 13.7. The quantitative estimate of drug-likeness (QED) is 0.658. The third kappa shape index (κ3) is 2.85. The van der Waals surface area contributed by atoms with Gasteiger partial charge in [-0.25, -0.2) is 4.79 Å². The van der Waals surface area contributed by atoms with Crippen LogP contribution in [0.4, 0.5) is 11.4 Å². The SMILES string of the molecule is COC(=O)C1=C(N)N(c2cccc(C)c2)C2=C(C(=O)CCC2)C12C(=O)Nc1ccc(Cl)cc12. The summed E-state index contributed by atoms with van der Waals surface area (Å²) in [5.74, 6) is -1.44. The third-order valence-corrected chi connectivity index (χ3v) is 6.76. The van der Waals surface area contributed by atoms with Crippen molar-refractivity contribution in [2.75, 3.05) is 17.3 Å². The molecule has 168 valence electrons. The van der Waals surface area contributed by atoms with Gasteiger partial charge in [0.05, 0.1) is 7.11 Å². The van der Waals surface area contributed by atoms with Crippen LogP contribution in [0.15, 0.2) is 65.1 Å². The molecule has 5 rings (SSSR count). The first-order valence-corrected chi connectivity index (χ1v) is 11.0. The summed E-state index contributed by atoms with van der Waals surface area (Å²) in [5, 5.41) is 3.21. The van der Waals surface area contributed by atoms with Gasteiger partial charge in [0.2, 0.25) is 5.91 Å². The van der Waals surface area contributed by atoms with Crippen LogP contribution in [0.1, 0.15) is 30.4 Å². The molecule has 1 aliphatic carbocycles. The Balaban J connectivity index is 1.92. The number of amides is 1. The van der Waals surface area contributed by atoms with Crippen molar-refractivity contribution in [2.45, 2.75) is 31.6 Å². The lowest BCUT2D eigenvalue weighted by molar-refractivity contribution is -0.138. The van der Waals surface area contributed by atoms with Gasteiger partial charge in [0, 0.05) is 39.7 Å². The van der Waals surface area contributed by atoms with E-state index in [4.69, 9.17) is 22.1 Å². The molecule has 0 fully saturated rings. The molecule has 2 aromatic rings. The monoisotopic (exact) mass is 463 g/mol. The molecule has 1 unspecified atom stereocenters. The fourth-order valence-electron chi connectivity index (χ4n) is 5.24. The molecule has 2 aromatic carbocycles. The number of benzene rings is 2. The van der Waals surface area contributed by atoms with E-state index in [9.17, 15) is 14.4 Å². The van der Waals surface area contributed by atoms with Crippen molar-refractivity contribution in [3.05, 3.63) is 81.3 Å². The zero-order chi connectivity index (χ0) is 23.5. The van der Waals surface area contributed by atoms with Crippen molar-refractivity contribution in [3.63, 3.8) is 0 Å². The number of ketones is 1. The summed E-state index contributed by atoms with van der Waals surface area (Å²) in [6, 6.07) is 12.5. The van der Waals surface area contributed by atoms with Gasteiger partial charge in [-0.05, 0) is 55.7 Å². The van der Waals surface area contributed by atoms with Gasteiger partial charge in [-0.15, -0.1) is 0 Å². The predicted molar refractivity (Wildman–Crippen MR) is 125 cm³/mol. The molecule has 7 nitrogen and oxygen atoms in total. The Morgan fingerprint density at radius 3 is 2.70 bits per heavy atom. The van der Waals surface area contributed by atoms with E-state index >= 15 is 0 Å². The summed E-state index contributed by atoms with van der Waals surface area (Å²) in [4.78, 5) is 42.2. The Kier molecular flexibility index (Phi) is 4.83. The lowest BCUT2D eigenvalue weighted by Gasteiger charge is -2.44. The number of nitrogens with zero attached hydrogens (tertiary/aromatic N) is 1. The van der Waals surface area contributed by atoms with Crippen molar-refractivity contribution in [1.82, 2.24) is 0 Å². The molecule has 2 aliphatic heterocycles. The number of halogens is 1. The number of Topliss-reactive ketones (excluding diaryl/α,β-unsaturated/α-hetero) is 1. The Hall–Kier alpha value is -3.58. The van der Waals surface area contributed by atoms with Gasteiger partial charge in [0.15, 0.2) is 5.78 Å². The topological polar surface area (TPSA) is 102 Å². The number of nitrogens with one attached hydrogen (secondary N) is 1. The highest BCUT2D eigenvalue weighted by atomic mass is 35.5. The highest BCUT2D eigenvalue weighted by Crippen LogP contribution is 2.55. The second-order valence-electron chi connectivity index (χ2n) is 8.42. The van der Waals surface area contributed by atoms with Gasteiger partial charge in [0.1, 0.15) is 16.8 Å². The molecule has 1 atom stereocenters.